The second-order valence-corrected chi connectivity index (χ2v) is 3.21. The van der Waals surface area contributed by atoms with Crippen molar-refractivity contribution < 1.29 is 4.79 Å². The van der Waals surface area contributed by atoms with Gasteiger partial charge in [-0.3, -0.25) is 4.79 Å². The molecule has 0 aromatic rings. The molecule has 0 N–H and O–H groups in total. The number of nitrogens with zero attached hydrogens (tertiary/aromatic N) is 1. The van der Waals surface area contributed by atoms with Crippen LogP contribution in [0.1, 0.15) is 46.5 Å². The Morgan fingerprint density at radius 3 is 1.69 bits per heavy atom. The first-order valence-corrected chi connectivity index (χ1v) is 4.97. The predicted molar refractivity (Wildman–Crippen MR) is 59.3 cm³/mol. The van der Waals surface area contributed by atoms with Crippen molar-refractivity contribution >= 4 is 18.3 Å². The van der Waals surface area contributed by atoms with Gasteiger partial charge in [-0.15, -0.1) is 12.4 Å². The normalized spacial score (nSPS) is 9.15. The van der Waals surface area contributed by atoms with Crippen molar-refractivity contribution in [3.05, 3.63) is 0 Å². The van der Waals surface area contributed by atoms with E-state index in [1.807, 2.05) is 4.90 Å². The molecule has 2 nitrogen and oxygen atoms in total. The smallest absolute Gasteiger partial charge is 0.219 e. The highest BCUT2D eigenvalue weighted by molar-refractivity contribution is 5.85. The first kappa shape index (κ1) is 15.2. The highest BCUT2D eigenvalue weighted by Gasteiger charge is 2.05. The standard InChI is InChI=1S/C10H21NO.ClH/c1-4-6-8-11(10(3)12)9-7-5-2;/h4-9H2,1-3H3;1H. The Morgan fingerprint density at radius 2 is 1.46 bits per heavy atom. The Bertz CT molecular complexity index is 120. The second-order valence-electron chi connectivity index (χ2n) is 3.21. The Balaban J connectivity index is 0. The molecule has 0 heterocycles. The van der Waals surface area contributed by atoms with Gasteiger partial charge in [0, 0.05) is 20.0 Å². The van der Waals surface area contributed by atoms with Crippen LogP contribution in [-0.4, -0.2) is 23.9 Å². The molecule has 0 aliphatic rings. The summed E-state index contributed by atoms with van der Waals surface area (Å²) in [6.45, 7) is 7.83. The van der Waals surface area contributed by atoms with Gasteiger partial charge in [0.25, 0.3) is 0 Å². The highest BCUT2D eigenvalue weighted by atomic mass is 35.5. The Labute approximate surface area is 88.1 Å². The van der Waals surface area contributed by atoms with Crippen LogP contribution in [0.3, 0.4) is 0 Å². The van der Waals surface area contributed by atoms with Gasteiger partial charge < -0.3 is 4.90 Å². The number of hydrogen-bond acceptors (Lipinski definition) is 1. The highest BCUT2D eigenvalue weighted by Crippen LogP contribution is 1.99. The van der Waals surface area contributed by atoms with E-state index in [9.17, 15) is 4.79 Å². The molecule has 0 saturated carbocycles. The van der Waals surface area contributed by atoms with Crippen molar-refractivity contribution in [2.45, 2.75) is 46.5 Å². The van der Waals surface area contributed by atoms with E-state index in [0.29, 0.717) is 0 Å². The van der Waals surface area contributed by atoms with Gasteiger partial charge >= 0.3 is 0 Å². The van der Waals surface area contributed by atoms with E-state index in [4.69, 9.17) is 0 Å². The van der Waals surface area contributed by atoms with E-state index >= 15 is 0 Å². The molecule has 80 valence electrons. The molecule has 0 fully saturated rings. The van der Waals surface area contributed by atoms with E-state index in [2.05, 4.69) is 13.8 Å². The summed E-state index contributed by atoms with van der Waals surface area (Å²) in [6.07, 6.45) is 4.58. The molecule has 0 unspecified atom stereocenters. The number of carbonyl (C=O) groups excluding carboxylic acids is 1. The third-order valence-corrected chi connectivity index (χ3v) is 2.01. The summed E-state index contributed by atoms with van der Waals surface area (Å²) in [4.78, 5) is 13.0. The molecule has 0 saturated heterocycles. The maximum Gasteiger partial charge on any atom is 0.219 e. The van der Waals surface area contributed by atoms with E-state index in [1.54, 1.807) is 6.92 Å². The van der Waals surface area contributed by atoms with Crippen LogP contribution in [-0.2, 0) is 4.79 Å². The van der Waals surface area contributed by atoms with Gasteiger partial charge in [-0.1, -0.05) is 26.7 Å². The first-order chi connectivity index (χ1) is 5.72. The largest absolute Gasteiger partial charge is 0.343 e. The van der Waals surface area contributed by atoms with Crippen molar-refractivity contribution in [2.24, 2.45) is 0 Å². The number of hydrogen-bond donors (Lipinski definition) is 0. The van der Waals surface area contributed by atoms with Crippen molar-refractivity contribution in [1.29, 1.82) is 0 Å². The van der Waals surface area contributed by atoms with Crippen molar-refractivity contribution in [2.75, 3.05) is 13.1 Å². The maximum atomic E-state index is 11.1. The molecular formula is C10H22ClNO. The zero-order chi connectivity index (χ0) is 9.40. The summed E-state index contributed by atoms with van der Waals surface area (Å²) in [7, 11) is 0. The van der Waals surface area contributed by atoms with Crippen LogP contribution in [0.2, 0.25) is 0 Å². The average molecular weight is 208 g/mol. The molecule has 13 heavy (non-hydrogen) atoms. The Hall–Kier alpha value is -0.240. The molecule has 0 aromatic heterocycles. The van der Waals surface area contributed by atoms with Gasteiger partial charge in [-0.2, -0.15) is 0 Å². The Kier molecular flexibility index (Phi) is 11.5. The third-order valence-electron chi connectivity index (χ3n) is 2.01. The fourth-order valence-corrected chi connectivity index (χ4v) is 1.12. The lowest BCUT2D eigenvalue weighted by Gasteiger charge is -2.20. The fourth-order valence-electron chi connectivity index (χ4n) is 1.12. The van der Waals surface area contributed by atoms with Crippen LogP contribution in [0.25, 0.3) is 0 Å². The van der Waals surface area contributed by atoms with Gasteiger partial charge in [-0.25, -0.2) is 0 Å². The monoisotopic (exact) mass is 207 g/mol. The Morgan fingerprint density at radius 1 is 1.08 bits per heavy atom. The number of carbonyl (C=O) groups is 1. The molecule has 0 aromatic carbocycles. The summed E-state index contributed by atoms with van der Waals surface area (Å²) in [6, 6.07) is 0. The molecule has 1 amide bonds. The second kappa shape index (κ2) is 9.85. The molecule has 0 aliphatic heterocycles. The van der Waals surface area contributed by atoms with E-state index in [-0.39, 0.29) is 18.3 Å². The van der Waals surface area contributed by atoms with Gasteiger partial charge in [0.2, 0.25) is 5.91 Å². The molecule has 3 heteroatoms. The van der Waals surface area contributed by atoms with Crippen LogP contribution in [0.15, 0.2) is 0 Å². The lowest BCUT2D eigenvalue weighted by Crippen LogP contribution is -2.30. The number of amides is 1. The summed E-state index contributed by atoms with van der Waals surface area (Å²) in [5, 5.41) is 0. The molecule has 0 aliphatic carbocycles. The maximum absolute atomic E-state index is 11.1. The molecule has 0 atom stereocenters. The number of unbranched alkanes of at least 4 members (excludes halogenated alkanes) is 2. The van der Waals surface area contributed by atoms with Crippen molar-refractivity contribution in [3.63, 3.8) is 0 Å². The van der Waals surface area contributed by atoms with E-state index < -0.39 is 0 Å². The molecule has 0 radical (unpaired) electrons. The quantitative estimate of drug-likeness (QED) is 0.656. The van der Waals surface area contributed by atoms with Crippen LogP contribution in [0.5, 0.6) is 0 Å². The van der Waals surface area contributed by atoms with E-state index in [0.717, 1.165) is 38.8 Å². The lowest BCUT2D eigenvalue weighted by atomic mass is 10.2. The zero-order valence-electron chi connectivity index (χ0n) is 9.01. The van der Waals surface area contributed by atoms with Crippen LogP contribution in [0.4, 0.5) is 0 Å². The minimum atomic E-state index is 0. The third kappa shape index (κ3) is 8.10. The van der Waals surface area contributed by atoms with Crippen LogP contribution < -0.4 is 0 Å². The summed E-state index contributed by atoms with van der Waals surface area (Å²) in [5.74, 6) is 0.219. The first-order valence-electron chi connectivity index (χ1n) is 4.97. The summed E-state index contributed by atoms with van der Waals surface area (Å²) < 4.78 is 0. The molecule has 0 rings (SSSR count). The summed E-state index contributed by atoms with van der Waals surface area (Å²) in [5.41, 5.74) is 0. The minimum absolute atomic E-state index is 0. The van der Waals surface area contributed by atoms with Crippen LogP contribution in [0, 0.1) is 0 Å². The zero-order valence-corrected chi connectivity index (χ0v) is 9.82. The van der Waals surface area contributed by atoms with E-state index in [1.165, 1.54) is 0 Å². The van der Waals surface area contributed by atoms with Crippen molar-refractivity contribution in [3.8, 4) is 0 Å². The molecular weight excluding hydrogens is 186 g/mol. The minimum Gasteiger partial charge on any atom is -0.343 e. The lowest BCUT2D eigenvalue weighted by molar-refractivity contribution is -0.129. The van der Waals surface area contributed by atoms with Gasteiger partial charge in [0.15, 0.2) is 0 Å². The van der Waals surface area contributed by atoms with Gasteiger partial charge in [0.1, 0.15) is 0 Å². The summed E-state index contributed by atoms with van der Waals surface area (Å²) >= 11 is 0. The van der Waals surface area contributed by atoms with Gasteiger partial charge in [-0.05, 0) is 12.8 Å². The van der Waals surface area contributed by atoms with Crippen LogP contribution >= 0.6 is 12.4 Å². The molecule has 0 spiro atoms. The topological polar surface area (TPSA) is 20.3 Å². The average Bonchev–Trinajstić information content (AvgIpc) is 2.04. The van der Waals surface area contributed by atoms with Crippen molar-refractivity contribution in [1.82, 2.24) is 4.90 Å². The van der Waals surface area contributed by atoms with Gasteiger partial charge in [0.05, 0.1) is 0 Å². The molecule has 0 bridgehead atoms. The SMILES string of the molecule is CCCCN(CCCC)C(C)=O.Cl. The number of rotatable bonds is 6. The fraction of sp³-hybridized carbons (Fsp3) is 0.900. The number of halogens is 1. The predicted octanol–water partition coefficient (Wildman–Crippen LogP) is 2.86.